The molecule has 0 unspecified atom stereocenters. The van der Waals surface area contributed by atoms with Gasteiger partial charge in [-0.2, -0.15) is 0 Å². The van der Waals surface area contributed by atoms with Crippen LogP contribution in [0.4, 0.5) is 0 Å². The van der Waals surface area contributed by atoms with Crippen LogP contribution in [0.25, 0.3) is 0 Å². The average molecular weight is 155 g/mol. The summed E-state index contributed by atoms with van der Waals surface area (Å²) < 4.78 is 0. The maximum absolute atomic E-state index is 10.9. The van der Waals surface area contributed by atoms with Crippen LogP contribution >= 0.6 is 0 Å². The molecule has 0 heterocycles. The Morgan fingerprint density at radius 3 is 2.00 bits per heavy atom. The lowest BCUT2D eigenvalue weighted by Crippen LogP contribution is -2.34. The summed E-state index contributed by atoms with van der Waals surface area (Å²) in [5.41, 5.74) is 0. The van der Waals surface area contributed by atoms with Gasteiger partial charge in [0.2, 0.25) is 11.8 Å². The third-order valence-corrected chi connectivity index (χ3v) is 1.90. The van der Waals surface area contributed by atoms with Crippen LogP contribution in [0.15, 0.2) is 0 Å². The van der Waals surface area contributed by atoms with Crippen molar-refractivity contribution >= 4 is 11.8 Å². The lowest BCUT2D eigenvalue weighted by Gasteiger charge is -2.15. The summed E-state index contributed by atoms with van der Waals surface area (Å²) >= 11 is 0. The van der Waals surface area contributed by atoms with E-state index < -0.39 is 0 Å². The first-order valence-electron chi connectivity index (χ1n) is 3.90. The van der Waals surface area contributed by atoms with Crippen molar-refractivity contribution in [2.24, 2.45) is 5.92 Å². The summed E-state index contributed by atoms with van der Waals surface area (Å²) in [6.45, 7) is 3.50. The van der Waals surface area contributed by atoms with Crippen LogP contribution in [-0.4, -0.2) is 23.3 Å². The number of amides is 2. The third-order valence-electron chi connectivity index (χ3n) is 1.90. The maximum atomic E-state index is 10.9. The van der Waals surface area contributed by atoms with Crippen molar-refractivity contribution in [1.29, 1.82) is 0 Å². The molecule has 0 saturated heterocycles. The Morgan fingerprint density at radius 1 is 1.27 bits per heavy atom. The minimum absolute atomic E-state index is 0.135. The Morgan fingerprint density at radius 2 is 1.73 bits per heavy atom. The molecule has 1 fully saturated rings. The van der Waals surface area contributed by atoms with E-state index in [0.29, 0.717) is 12.5 Å². The molecule has 0 aliphatic heterocycles. The first-order chi connectivity index (χ1) is 5.11. The Balaban J connectivity index is 2.43. The molecule has 0 bridgehead atoms. The van der Waals surface area contributed by atoms with Crippen LogP contribution in [-0.2, 0) is 9.59 Å². The number of hydrogen-bond acceptors (Lipinski definition) is 2. The normalized spacial score (nSPS) is 16.2. The number of carbonyl (C=O) groups is 2. The van der Waals surface area contributed by atoms with E-state index in [-0.39, 0.29) is 11.8 Å². The number of carbonyl (C=O) groups excluding carboxylic acids is 2. The topological polar surface area (TPSA) is 37.4 Å². The van der Waals surface area contributed by atoms with Crippen molar-refractivity contribution in [2.75, 3.05) is 6.54 Å². The van der Waals surface area contributed by atoms with E-state index in [1.165, 1.54) is 18.7 Å². The lowest BCUT2D eigenvalue weighted by atomic mass is 10.3. The number of nitrogens with zero attached hydrogens (tertiary/aromatic N) is 1. The maximum Gasteiger partial charge on any atom is 0.226 e. The second kappa shape index (κ2) is 3.03. The van der Waals surface area contributed by atoms with Gasteiger partial charge in [0, 0.05) is 20.4 Å². The zero-order chi connectivity index (χ0) is 8.43. The average Bonchev–Trinajstić information content (AvgIpc) is 2.63. The molecule has 0 N–H and O–H groups in total. The summed E-state index contributed by atoms with van der Waals surface area (Å²) in [5.74, 6) is 0.316. The second-order valence-corrected chi connectivity index (χ2v) is 3.09. The quantitative estimate of drug-likeness (QED) is 0.591. The molecule has 0 aromatic rings. The Bertz CT molecular complexity index is 171. The van der Waals surface area contributed by atoms with E-state index in [0.717, 1.165) is 12.8 Å². The molecule has 0 atom stereocenters. The summed E-state index contributed by atoms with van der Waals surface area (Å²) in [6.07, 6.45) is 2.33. The van der Waals surface area contributed by atoms with Crippen LogP contribution in [0.1, 0.15) is 26.7 Å². The van der Waals surface area contributed by atoms with Crippen LogP contribution in [0, 0.1) is 5.92 Å². The zero-order valence-electron chi connectivity index (χ0n) is 6.96. The van der Waals surface area contributed by atoms with E-state index in [9.17, 15) is 9.59 Å². The molecular weight excluding hydrogens is 142 g/mol. The van der Waals surface area contributed by atoms with Gasteiger partial charge in [-0.3, -0.25) is 14.5 Å². The van der Waals surface area contributed by atoms with Crippen LogP contribution in [0.3, 0.4) is 0 Å². The van der Waals surface area contributed by atoms with Crippen LogP contribution in [0.2, 0.25) is 0 Å². The van der Waals surface area contributed by atoms with Gasteiger partial charge in [0.15, 0.2) is 0 Å². The number of rotatable bonds is 2. The summed E-state index contributed by atoms with van der Waals surface area (Å²) in [4.78, 5) is 23.0. The largest absolute Gasteiger partial charge is 0.283 e. The van der Waals surface area contributed by atoms with Gasteiger partial charge in [0.1, 0.15) is 0 Å². The molecule has 1 aliphatic carbocycles. The first-order valence-corrected chi connectivity index (χ1v) is 3.90. The Kier molecular flexibility index (Phi) is 2.27. The van der Waals surface area contributed by atoms with E-state index in [1.54, 1.807) is 0 Å². The van der Waals surface area contributed by atoms with Gasteiger partial charge in [0.25, 0.3) is 0 Å². The molecule has 0 aromatic heterocycles. The van der Waals surface area contributed by atoms with Gasteiger partial charge in [0.05, 0.1) is 0 Å². The van der Waals surface area contributed by atoms with Gasteiger partial charge < -0.3 is 0 Å². The molecule has 1 aliphatic rings. The molecule has 0 spiro atoms. The SMILES string of the molecule is CC(=O)N(CC1CC1)C(C)=O. The fourth-order valence-corrected chi connectivity index (χ4v) is 1.04. The Hall–Kier alpha value is -0.860. The molecule has 0 aromatic carbocycles. The summed E-state index contributed by atoms with van der Waals surface area (Å²) in [6, 6.07) is 0. The fourth-order valence-electron chi connectivity index (χ4n) is 1.04. The van der Waals surface area contributed by atoms with Crippen molar-refractivity contribution < 1.29 is 9.59 Å². The van der Waals surface area contributed by atoms with Crippen molar-refractivity contribution in [1.82, 2.24) is 4.90 Å². The van der Waals surface area contributed by atoms with Crippen molar-refractivity contribution in [3.8, 4) is 0 Å². The minimum Gasteiger partial charge on any atom is -0.283 e. The molecule has 2 amide bonds. The third kappa shape index (κ3) is 2.33. The molecule has 0 radical (unpaired) electrons. The highest BCUT2D eigenvalue weighted by Gasteiger charge is 2.27. The van der Waals surface area contributed by atoms with Crippen LogP contribution in [0.5, 0.6) is 0 Å². The predicted octanol–water partition coefficient (Wildman–Crippen LogP) is 0.791. The summed E-state index contributed by atoms with van der Waals surface area (Å²) in [7, 11) is 0. The standard InChI is InChI=1S/C8H13NO2/c1-6(10)9(7(2)11)5-8-3-4-8/h8H,3-5H2,1-2H3. The highest BCUT2D eigenvalue weighted by molar-refractivity contribution is 5.92. The molecule has 11 heavy (non-hydrogen) atoms. The van der Waals surface area contributed by atoms with E-state index >= 15 is 0 Å². The first kappa shape index (κ1) is 8.24. The smallest absolute Gasteiger partial charge is 0.226 e. The van der Waals surface area contributed by atoms with Crippen molar-refractivity contribution in [2.45, 2.75) is 26.7 Å². The van der Waals surface area contributed by atoms with Gasteiger partial charge in [-0.05, 0) is 18.8 Å². The highest BCUT2D eigenvalue weighted by atomic mass is 16.2. The number of imide groups is 1. The molecular formula is C8H13NO2. The van der Waals surface area contributed by atoms with Gasteiger partial charge in [-0.15, -0.1) is 0 Å². The minimum atomic E-state index is -0.135. The van der Waals surface area contributed by atoms with Crippen LogP contribution < -0.4 is 0 Å². The molecule has 3 heteroatoms. The van der Waals surface area contributed by atoms with E-state index in [2.05, 4.69) is 0 Å². The molecule has 3 nitrogen and oxygen atoms in total. The lowest BCUT2D eigenvalue weighted by molar-refractivity contribution is -0.142. The number of hydrogen-bond donors (Lipinski definition) is 0. The molecule has 1 rings (SSSR count). The van der Waals surface area contributed by atoms with E-state index in [4.69, 9.17) is 0 Å². The predicted molar refractivity (Wildman–Crippen MR) is 40.8 cm³/mol. The van der Waals surface area contributed by atoms with Gasteiger partial charge in [-0.1, -0.05) is 0 Å². The monoisotopic (exact) mass is 155 g/mol. The molecule has 62 valence electrons. The van der Waals surface area contributed by atoms with Gasteiger partial charge >= 0.3 is 0 Å². The fraction of sp³-hybridized carbons (Fsp3) is 0.750. The van der Waals surface area contributed by atoms with E-state index in [1.807, 2.05) is 0 Å². The molecule has 1 saturated carbocycles. The van der Waals surface area contributed by atoms with Crippen molar-refractivity contribution in [3.63, 3.8) is 0 Å². The van der Waals surface area contributed by atoms with Gasteiger partial charge in [-0.25, -0.2) is 0 Å². The highest BCUT2D eigenvalue weighted by Crippen LogP contribution is 2.29. The zero-order valence-corrected chi connectivity index (χ0v) is 6.96. The Labute approximate surface area is 66.4 Å². The summed E-state index contributed by atoms with van der Waals surface area (Å²) in [5, 5.41) is 0. The van der Waals surface area contributed by atoms with Crippen molar-refractivity contribution in [3.05, 3.63) is 0 Å². The second-order valence-electron chi connectivity index (χ2n) is 3.09.